The molecule has 0 aliphatic rings. The number of nitrogens with zero attached hydrogens (tertiary/aromatic N) is 2. The molecule has 0 aliphatic heterocycles. The number of rotatable bonds is 5. The van der Waals surface area contributed by atoms with E-state index in [1.165, 1.54) is 11.1 Å². The largest absolute Gasteiger partial charge is 0.333 e. The van der Waals surface area contributed by atoms with Crippen LogP contribution in [-0.2, 0) is 6.42 Å². The average molecular weight is 328 g/mol. The van der Waals surface area contributed by atoms with E-state index in [1.807, 2.05) is 6.33 Å². The number of benzene rings is 1. The fourth-order valence-corrected chi connectivity index (χ4v) is 2.69. The van der Waals surface area contributed by atoms with Crippen molar-refractivity contribution < 1.29 is 0 Å². The van der Waals surface area contributed by atoms with Gasteiger partial charge in [-0.1, -0.05) is 45.0 Å². The van der Waals surface area contributed by atoms with Crippen molar-refractivity contribution in [3.8, 4) is 11.3 Å². The summed E-state index contributed by atoms with van der Waals surface area (Å²) in [5.41, 5.74) is 4.06. The van der Waals surface area contributed by atoms with E-state index < -0.39 is 0 Å². The van der Waals surface area contributed by atoms with Gasteiger partial charge < -0.3 is 9.88 Å². The Labute approximate surface area is 147 Å². The highest BCUT2D eigenvalue weighted by atomic mass is 15.1. The lowest BCUT2D eigenvalue weighted by Gasteiger charge is -2.23. The van der Waals surface area contributed by atoms with Gasteiger partial charge in [0, 0.05) is 29.9 Å². The summed E-state index contributed by atoms with van der Waals surface area (Å²) >= 11 is 0. The summed E-state index contributed by atoms with van der Waals surface area (Å²) in [4.78, 5) is 4.59. The monoisotopic (exact) mass is 327 g/mol. The van der Waals surface area contributed by atoms with E-state index in [2.05, 4.69) is 93.8 Å². The van der Waals surface area contributed by atoms with Crippen LogP contribution in [0.3, 0.4) is 0 Å². The molecule has 0 bridgehead atoms. The maximum absolute atomic E-state index is 4.59. The van der Waals surface area contributed by atoms with Gasteiger partial charge in [0.1, 0.15) is 0 Å². The van der Waals surface area contributed by atoms with E-state index in [1.54, 1.807) is 0 Å². The molecule has 0 unspecified atom stereocenters. The van der Waals surface area contributed by atoms with E-state index >= 15 is 0 Å². The molecule has 1 aromatic carbocycles. The first kappa shape index (κ1) is 18.7. The highest BCUT2D eigenvalue weighted by Gasteiger charge is 2.14. The molecule has 0 spiro atoms. The molecule has 0 aliphatic carbocycles. The van der Waals surface area contributed by atoms with Gasteiger partial charge >= 0.3 is 0 Å². The third-order valence-electron chi connectivity index (χ3n) is 4.02. The van der Waals surface area contributed by atoms with Gasteiger partial charge in [-0.3, -0.25) is 0 Å². The molecule has 0 fully saturated rings. The van der Waals surface area contributed by atoms with E-state index in [-0.39, 0.29) is 5.54 Å². The Balaban J connectivity index is 2.04. The molecule has 1 aromatic heterocycles. The Morgan fingerprint density at radius 2 is 1.67 bits per heavy atom. The Kier molecular flexibility index (Phi) is 5.54. The van der Waals surface area contributed by atoms with E-state index in [0.717, 1.165) is 18.7 Å². The number of hydrogen-bond donors (Lipinski definition) is 1. The van der Waals surface area contributed by atoms with Gasteiger partial charge in [0.15, 0.2) is 0 Å². The zero-order chi connectivity index (χ0) is 18.0. The molecule has 24 heavy (non-hydrogen) atoms. The minimum Gasteiger partial charge on any atom is -0.333 e. The highest BCUT2D eigenvalue weighted by Crippen LogP contribution is 2.24. The molecule has 1 N–H and O–H groups in total. The van der Waals surface area contributed by atoms with Gasteiger partial charge in [-0.15, -0.1) is 0 Å². The van der Waals surface area contributed by atoms with Gasteiger partial charge in [0.25, 0.3) is 0 Å². The Hall–Kier alpha value is -1.61. The number of aromatic nitrogens is 2. The second kappa shape index (κ2) is 7.10. The van der Waals surface area contributed by atoms with Gasteiger partial charge in [-0.2, -0.15) is 0 Å². The predicted octanol–water partition coefficient (Wildman–Crippen LogP) is 5.09. The summed E-state index contributed by atoms with van der Waals surface area (Å²) in [6, 6.07) is 9.21. The Morgan fingerprint density at radius 1 is 1.04 bits per heavy atom. The summed E-state index contributed by atoms with van der Waals surface area (Å²) in [6.07, 6.45) is 5.18. The topological polar surface area (TPSA) is 29.9 Å². The van der Waals surface area contributed by atoms with Crippen molar-refractivity contribution in [1.29, 1.82) is 0 Å². The van der Waals surface area contributed by atoms with Crippen molar-refractivity contribution in [3.63, 3.8) is 0 Å². The molecule has 132 valence electrons. The molecule has 0 saturated heterocycles. The highest BCUT2D eigenvalue weighted by molar-refractivity contribution is 5.58. The maximum atomic E-state index is 4.59. The fourth-order valence-electron chi connectivity index (χ4n) is 2.69. The quantitative estimate of drug-likeness (QED) is 0.829. The first-order valence-corrected chi connectivity index (χ1v) is 8.91. The molecule has 3 heteroatoms. The fraction of sp³-hybridized carbons (Fsp3) is 0.571. The van der Waals surface area contributed by atoms with Crippen molar-refractivity contribution in [3.05, 3.63) is 42.4 Å². The van der Waals surface area contributed by atoms with Gasteiger partial charge in [0.2, 0.25) is 0 Å². The minimum absolute atomic E-state index is 0.139. The number of imidazole rings is 1. The lowest BCUT2D eigenvalue weighted by Crippen LogP contribution is -2.39. The van der Waals surface area contributed by atoms with Gasteiger partial charge in [-0.25, -0.2) is 4.98 Å². The normalized spacial score (nSPS) is 14.0. The van der Waals surface area contributed by atoms with Crippen LogP contribution < -0.4 is 5.32 Å². The molecule has 0 amide bonds. The van der Waals surface area contributed by atoms with Gasteiger partial charge in [-0.05, 0) is 45.1 Å². The van der Waals surface area contributed by atoms with Crippen LogP contribution in [-0.4, -0.2) is 21.6 Å². The van der Waals surface area contributed by atoms with Crippen molar-refractivity contribution >= 4 is 0 Å². The first-order chi connectivity index (χ1) is 11.0. The molecule has 3 nitrogen and oxygen atoms in total. The minimum atomic E-state index is 0.139. The van der Waals surface area contributed by atoms with Gasteiger partial charge in [0.05, 0.1) is 12.0 Å². The van der Waals surface area contributed by atoms with E-state index in [4.69, 9.17) is 0 Å². The van der Waals surface area contributed by atoms with Crippen LogP contribution in [0.25, 0.3) is 11.3 Å². The first-order valence-electron chi connectivity index (χ1n) is 8.91. The zero-order valence-corrected chi connectivity index (χ0v) is 16.4. The SMILES string of the molecule is C[C@@H](CNC(C)(C)C)n1cnc(-c2ccc(CC(C)(C)C)cc2)c1. The summed E-state index contributed by atoms with van der Waals surface area (Å²) in [7, 11) is 0. The van der Waals surface area contributed by atoms with E-state index in [0.29, 0.717) is 11.5 Å². The number of hydrogen-bond acceptors (Lipinski definition) is 2. The summed E-state index contributed by atoms with van der Waals surface area (Å²) in [6.45, 7) is 16.6. The third-order valence-corrected chi connectivity index (χ3v) is 4.02. The van der Waals surface area contributed by atoms with E-state index in [9.17, 15) is 0 Å². The Morgan fingerprint density at radius 3 is 2.21 bits per heavy atom. The molecular formula is C21H33N3. The van der Waals surface area contributed by atoms with Crippen molar-refractivity contribution in [2.45, 2.75) is 66.5 Å². The second-order valence-corrected chi connectivity index (χ2v) is 9.12. The summed E-state index contributed by atoms with van der Waals surface area (Å²) in [5.74, 6) is 0. The molecule has 0 radical (unpaired) electrons. The molecule has 2 rings (SSSR count). The Bertz CT molecular complexity index is 639. The predicted molar refractivity (Wildman–Crippen MR) is 103 cm³/mol. The maximum Gasteiger partial charge on any atom is 0.0956 e. The van der Waals surface area contributed by atoms with Crippen LogP contribution in [0.2, 0.25) is 0 Å². The average Bonchev–Trinajstić information content (AvgIpc) is 2.93. The smallest absolute Gasteiger partial charge is 0.0956 e. The van der Waals surface area contributed by atoms with Crippen LogP contribution in [0.15, 0.2) is 36.8 Å². The van der Waals surface area contributed by atoms with Crippen LogP contribution >= 0.6 is 0 Å². The third kappa shape index (κ3) is 5.79. The summed E-state index contributed by atoms with van der Waals surface area (Å²) < 4.78 is 2.19. The second-order valence-electron chi connectivity index (χ2n) is 9.12. The molecule has 1 heterocycles. The zero-order valence-electron chi connectivity index (χ0n) is 16.4. The van der Waals surface area contributed by atoms with Crippen LogP contribution in [0.5, 0.6) is 0 Å². The summed E-state index contributed by atoms with van der Waals surface area (Å²) in [5, 5.41) is 3.55. The number of nitrogens with one attached hydrogen (secondary N) is 1. The van der Waals surface area contributed by atoms with Crippen LogP contribution in [0.4, 0.5) is 0 Å². The molecule has 2 aromatic rings. The molecule has 1 atom stereocenters. The standard InChI is InChI=1S/C21H33N3/c1-16(13-23-21(5,6)7)24-14-19(22-15-24)18-10-8-17(9-11-18)12-20(2,3)4/h8-11,14-16,23H,12-13H2,1-7H3/t16-/m0/s1. The lowest BCUT2D eigenvalue weighted by molar-refractivity contribution is 0.379. The van der Waals surface area contributed by atoms with Crippen LogP contribution in [0, 0.1) is 5.41 Å². The lowest BCUT2D eigenvalue weighted by atomic mass is 9.88. The van der Waals surface area contributed by atoms with Crippen molar-refractivity contribution in [2.75, 3.05) is 6.54 Å². The molecule has 0 saturated carbocycles. The van der Waals surface area contributed by atoms with Crippen molar-refractivity contribution in [2.24, 2.45) is 5.41 Å². The van der Waals surface area contributed by atoms with Crippen molar-refractivity contribution in [1.82, 2.24) is 14.9 Å². The van der Waals surface area contributed by atoms with Crippen LogP contribution in [0.1, 0.15) is 60.1 Å². The molecular weight excluding hydrogens is 294 g/mol.